The third-order valence-electron chi connectivity index (χ3n) is 12.2. The van der Waals surface area contributed by atoms with Gasteiger partial charge in [-0.05, 0) is 144 Å². The summed E-state index contributed by atoms with van der Waals surface area (Å²) >= 11 is 0. The number of hydrogen-bond acceptors (Lipinski definition) is 4. The van der Waals surface area contributed by atoms with Gasteiger partial charge in [0.2, 0.25) is 8.30 Å². The van der Waals surface area contributed by atoms with E-state index in [9.17, 15) is 0 Å². The molecule has 0 radical (unpaired) electrons. The molecule has 2 unspecified atom stereocenters. The largest absolute Gasteiger partial charge is 0.483 e. The van der Waals surface area contributed by atoms with Gasteiger partial charge < -0.3 is 18.3 Å². The molecule has 8 rings (SSSR count). The minimum atomic E-state index is -1.82. The second-order valence-electron chi connectivity index (χ2n) is 17.5. The van der Waals surface area contributed by atoms with Crippen LogP contribution in [0.3, 0.4) is 0 Å². The van der Waals surface area contributed by atoms with Crippen molar-refractivity contribution in [2.24, 2.45) is 0 Å². The molecule has 2 aromatic heterocycles. The number of para-hydroxylation sites is 1. The van der Waals surface area contributed by atoms with Crippen LogP contribution in [-0.4, -0.2) is 15.0 Å². The van der Waals surface area contributed by atoms with E-state index in [1.54, 1.807) is 0 Å². The highest BCUT2D eigenvalue weighted by Gasteiger charge is 2.29. The van der Waals surface area contributed by atoms with Crippen molar-refractivity contribution < 1.29 is 18.3 Å². The van der Waals surface area contributed by atoms with Crippen LogP contribution in [0.4, 0.5) is 0 Å². The van der Waals surface area contributed by atoms with Crippen LogP contribution >= 0.6 is 16.8 Å². The highest BCUT2D eigenvalue weighted by Crippen LogP contribution is 2.53. The summed E-state index contributed by atoms with van der Waals surface area (Å²) in [6.45, 7) is 25.9. The first-order valence-corrected chi connectivity index (χ1v) is 25.8. The number of rotatable bonds is 19. The van der Waals surface area contributed by atoms with E-state index >= 15 is 0 Å². The Morgan fingerprint density at radius 3 is 1.94 bits per heavy atom. The van der Waals surface area contributed by atoms with Crippen LogP contribution in [0.25, 0.3) is 45.0 Å². The minimum absolute atomic E-state index is 0.233. The van der Waals surface area contributed by atoms with E-state index in [4.69, 9.17) is 18.3 Å². The molecule has 0 saturated heterocycles. The summed E-state index contributed by atoms with van der Waals surface area (Å²) in [5.41, 5.74) is 11.7. The van der Waals surface area contributed by atoms with Crippen molar-refractivity contribution in [1.82, 2.24) is 8.68 Å². The average Bonchev–Trinajstić information content (AvgIpc) is 3.94. The number of ether oxygens (including phenoxy) is 1. The van der Waals surface area contributed by atoms with Gasteiger partial charge in [0.05, 0.1) is 11.2 Å². The first-order chi connectivity index (χ1) is 32.5. The maximum absolute atomic E-state index is 7.43. The molecule has 0 bridgehead atoms. The Kier molecular flexibility index (Phi) is 14.9. The molecule has 6 nitrogen and oxygen atoms in total. The monoisotopic (exact) mass is 924 g/mol. The zero-order chi connectivity index (χ0) is 47.2. The molecule has 0 aliphatic carbocycles. The minimum Gasteiger partial charge on any atom is -0.483 e. The summed E-state index contributed by atoms with van der Waals surface area (Å²) in [6, 6.07) is 42.5. The predicted molar refractivity (Wildman–Crippen MR) is 286 cm³/mol. The maximum Gasteiger partial charge on any atom is 0.421 e. The van der Waals surface area contributed by atoms with Gasteiger partial charge in [0.15, 0.2) is 6.35 Å². The summed E-state index contributed by atoms with van der Waals surface area (Å²) in [5, 5.41) is 3.20. The van der Waals surface area contributed by atoms with E-state index in [2.05, 4.69) is 223 Å². The Bertz CT molecular complexity index is 3080. The highest BCUT2D eigenvalue weighted by atomic mass is 31.2. The van der Waals surface area contributed by atoms with Crippen molar-refractivity contribution in [2.75, 3.05) is 6.35 Å². The van der Waals surface area contributed by atoms with Crippen molar-refractivity contribution in [3.63, 3.8) is 0 Å². The third kappa shape index (κ3) is 10.0. The molecular formula is C59H62N2O4P2. The van der Waals surface area contributed by atoms with Gasteiger partial charge in [0.1, 0.15) is 23.0 Å². The molecule has 0 aliphatic heterocycles. The van der Waals surface area contributed by atoms with Crippen molar-refractivity contribution in [3.05, 3.63) is 204 Å². The molecule has 342 valence electrons. The van der Waals surface area contributed by atoms with Gasteiger partial charge in [-0.3, -0.25) is 8.68 Å². The van der Waals surface area contributed by atoms with Crippen LogP contribution in [0.5, 0.6) is 23.0 Å². The number of nitrogens with zero attached hydrogens (tertiary/aromatic N) is 2. The molecule has 0 saturated carbocycles. The van der Waals surface area contributed by atoms with Crippen molar-refractivity contribution >= 4 is 50.7 Å². The Labute approximate surface area is 400 Å². The molecule has 67 heavy (non-hydrogen) atoms. The molecule has 6 aromatic carbocycles. The molecule has 2 atom stereocenters. The standard InChI is InChI=1S/C59H62N2O4P2/c1-11-19-45-28-32-55(64-67(61-36-34-47-22-16-18-24-53(47)61)65-57-38-43(10)26-30-50(57)41(7)8)58(48(45)14-4)59-51-23-17-15-21-46(51)27-31-54(59)62-39-66(60-35-33-44(13-3)52(60)20-12-2)63-56-37-42(9)25-29-49(56)40(5)6/h11-12,14-18,20-38,40-41H,1,4,13,19,39H2,2-3,5-10H3/b20-12-. The predicted octanol–water partition coefficient (Wildman–Crippen LogP) is 17.6. The fourth-order valence-electron chi connectivity index (χ4n) is 8.73. The Morgan fingerprint density at radius 2 is 1.27 bits per heavy atom. The SMILES string of the molecule is C=CCc1ccc(OP(Oc2cc(C)ccc2C(C)C)n2ccc3ccccc32)c(-c2c(OCP(Oc3cc(C)ccc3C(C)C)n3ccc(CC)c3/C=C\C)ccc3ccccc23)c1C=C. The summed E-state index contributed by atoms with van der Waals surface area (Å²) in [5.74, 6) is 3.55. The number of hydrogen-bond donors (Lipinski definition) is 0. The number of allylic oxidation sites excluding steroid dienone is 2. The molecule has 8 aromatic rings. The molecule has 0 aliphatic rings. The molecule has 0 amide bonds. The van der Waals surface area contributed by atoms with Gasteiger partial charge in [0.25, 0.3) is 0 Å². The summed E-state index contributed by atoms with van der Waals surface area (Å²) in [4.78, 5) is 0. The molecule has 2 heterocycles. The summed E-state index contributed by atoms with van der Waals surface area (Å²) in [6.07, 6.45) is 14.2. The number of fused-ring (bicyclic) bond motifs is 2. The van der Waals surface area contributed by atoms with Gasteiger partial charge in [-0.15, -0.1) is 6.58 Å². The fourth-order valence-corrected chi connectivity index (χ4v) is 11.7. The number of benzene rings is 6. The lowest BCUT2D eigenvalue weighted by molar-refractivity contribution is 0.375. The fraction of sp³-hybridized carbons (Fsp3) is 0.220. The van der Waals surface area contributed by atoms with E-state index < -0.39 is 16.8 Å². The lowest BCUT2D eigenvalue weighted by atomic mass is 9.89. The van der Waals surface area contributed by atoms with Crippen LogP contribution in [0.2, 0.25) is 0 Å². The number of aryl methyl sites for hydroxylation is 3. The second-order valence-corrected chi connectivity index (χ2v) is 20.4. The quantitative estimate of drug-likeness (QED) is 0.0599. The van der Waals surface area contributed by atoms with E-state index in [0.29, 0.717) is 17.9 Å². The molecule has 0 spiro atoms. The zero-order valence-corrected chi connectivity index (χ0v) is 41.9. The van der Waals surface area contributed by atoms with Crippen LogP contribution in [0.15, 0.2) is 159 Å². The Hall–Kier alpha value is -6.32. The average molecular weight is 925 g/mol. The topological polar surface area (TPSA) is 46.8 Å². The smallest absolute Gasteiger partial charge is 0.421 e. The number of aromatic nitrogens is 2. The zero-order valence-electron chi connectivity index (χ0n) is 40.1. The van der Waals surface area contributed by atoms with Crippen molar-refractivity contribution in [3.8, 4) is 34.1 Å². The van der Waals surface area contributed by atoms with E-state index in [0.717, 1.165) is 89.8 Å². The van der Waals surface area contributed by atoms with E-state index in [-0.39, 0.29) is 18.2 Å². The van der Waals surface area contributed by atoms with Crippen LogP contribution in [0, 0.1) is 13.8 Å². The second kappa shape index (κ2) is 21.1. The van der Waals surface area contributed by atoms with Gasteiger partial charge in [-0.2, -0.15) is 0 Å². The first kappa shape index (κ1) is 47.2. The van der Waals surface area contributed by atoms with E-state index in [1.165, 1.54) is 5.56 Å². The van der Waals surface area contributed by atoms with Crippen molar-refractivity contribution in [2.45, 2.75) is 80.1 Å². The molecular weight excluding hydrogens is 863 g/mol. The maximum atomic E-state index is 7.43. The van der Waals surface area contributed by atoms with Gasteiger partial charge in [-0.1, -0.05) is 138 Å². The summed E-state index contributed by atoms with van der Waals surface area (Å²) in [7, 11) is -3.24. The normalized spacial score (nSPS) is 12.6. The van der Waals surface area contributed by atoms with Crippen LogP contribution in [0.1, 0.15) is 98.0 Å². The lowest BCUT2D eigenvalue weighted by Crippen LogP contribution is -2.10. The van der Waals surface area contributed by atoms with Crippen molar-refractivity contribution in [1.29, 1.82) is 0 Å². The molecule has 0 N–H and O–H groups in total. The van der Waals surface area contributed by atoms with Gasteiger partial charge in [-0.25, -0.2) is 0 Å². The molecule has 8 heteroatoms. The highest BCUT2D eigenvalue weighted by molar-refractivity contribution is 7.51. The molecule has 0 fully saturated rings. The Morgan fingerprint density at radius 1 is 0.627 bits per heavy atom. The van der Waals surface area contributed by atoms with Crippen LogP contribution in [-0.2, 0) is 12.8 Å². The lowest BCUT2D eigenvalue weighted by Gasteiger charge is -2.27. The summed E-state index contributed by atoms with van der Waals surface area (Å²) < 4.78 is 33.5. The first-order valence-electron chi connectivity index (χ1n) is 23.3. The van der Waals surface area contributed by atoms with Gasteiger partial charge in [0, 0.05) is 28.9 Å². The Balaban J connectivity index is 1.31. The third-order valence-corrected chi connectivity index (χ3v) is 15.2. The van der Waals surface area contributed by atoms with E-state index in [1.807, 2.05) is 12.2 Å². The van der Waals surface area contributed by atoms with Gasteiger partial charge >= 0.3 is 8.53 Å². The van der Waals surface area contributed by atoms with Crippen LogP contribution < -0.4 is 18.3 Å².